The molecule has 0 amide bonds. The Bertz CT molecular complexity index is 1040. The van der Waals surface area contributed by atoms with E-state index in [4.69, 9.17) is 15.1 Å². The average molecular weight is 424 g/mol. The van der Waals surface area contributed by atoms with Crippen molar-refractivity contribution in [2.75, 3.05) is 0 Å². The van der Waals surface area contributed by atoms with Gasteiger partial charge in [0.05, 0.1) is 16.8 Å². The molecule has 1 aromatic heterocycles. The molecule has 7 heteroatoms. The average Bonchev–Trinajstić information content (AvgIpc) is 2.67. The highest BCUT2D eigenvalue weighted by atomic mass is 79.9. The van der Waals surface area contributed by atoms with Crippen LogP contribution in [0.15, 0.2) is 53.1 Å². The molecule has 1 N–H and O–H groups in total. The van der Waals surface area contributed by atoms with Crippen LogP contribution < -0.4 is 4.74 Å². The Hall–Kier alpha value is -3.24. The number of aryl methyl sites for hydroxylation is 1. The van der Waals surface area contributed by atoms with Crippen LogP contribution in [0.4, 0.5) is 0 Å². The van der Waals surface area contributed by atoms with Gasteiger partial charge in [0.2, 0.25) is 0 Å². The van der Waals surface area contributed by atoms with Crippen molar-refractivity contribution in [3.05, 3.63) is 75.5 Å². The monoisotopic (exact) mass is 423 g/mol. The zero-order valence-corrected chi connectivity index (χ0v) is 15.9. The maximum atomic E-state index is 11.0. The van der Waals surface area contributed by atoms with Crippen LogP contribution in [-0.4, -0.2) is 21.0 Å². The third kappa shape index (κ3) is 4.13. The van der Waals surface area contributed by atoms with Crippen LogP contribution in [0.1, 0.15) is 27.2 Å². The van der Waals surface area contributed by atoms with Crippen molar-refractivity contribution >= 4 is 21.9 Å². The molecule has 3 aromatic rings. The van der Waals surface area contributed by atoms with Gasteiger partial charge in [-0.05, 0) is 53.2 Å². The van der Waals surface area contributed by atoms with Crippen molar-refractivity contribution in [2.45, 2.75) is 13.5 Å². The van der Waals surface area contributed by atoms with Crippen LogP contribution in [0.5, 0.6) is 5.75 Å². The molecule has 0 saturated carbocycles. The summed E-state index contributed by atoms with van der Waals surface area (Å²) in [6.45, 7) is 1.96. The van der Waals surface area contributed by atoms with Crippen LogP contribution in [0.2, 0.25) is 0 Å². The van der Waals surface area contributed by atoms with Gasteiger partial charge in [-0.3, -0.25) is 0 Å². The highest BCUT2D eigenvalue weighted by molar-refractivity contribution is 9.10. The topological polar surface area (TPSA) is 96.1 Å². The summed E-state index contributed by atoms with van der Waals surface area (Å²) in [7, 11) is 0. The molecule has 0 fully saturated rings. The number of rotatable bonds is 5. The van der Waals surface area contributed by atoms with Gasteiger partial charge in [0.1, 0.15) is 18.4 Å². The minimum absolute atomic E-state index is 0.0869. The second-order valence-electron chi connectivity index (χ2n) is 5.70. The molecule has 3 rings (SSSR count). The summed E-state index contributed by atoms with van der Waals surface area (Å²) in [5, 5.41) is 18.1. The van der Waals surface area contributed by atoms with E-state index in [1.807, 2.05) is 24.3 Å². The fourth-order valence-electron chi connectivity index (χ4n) is 2.46. The van der Waals surface area contributed by atoms with E-state index in [0.29, 0.717) is 29.4 Å². The Morgan fingerprint density at radius 3 is 2.63 bits per heavy atom. The van der Waals surface area contributed by atoms with E-state index < -0.39 is 5.97 Å². The molecule has 2 aromatic carbocycles. The fourth-order valence-corrected chi connectivity index (χ4v) is 2.92. The van der Waals surface area contributed by atoms with Crippen molar-refractivity contribution in [1.29, 1.82) is 5.26 Å². The zero-order chi connectivity index (χ0) is 19.4. The lowest BCUT2D eigenvalue weighted by atomic mass is 10.1. The van der Waals surface area contributed by atoms with E-state index in [0.717, 1.165) is 15.6 Å². The number of hydrogen-bond donors (Lipinski definition) is 1. The van der Waals surface area contributed by atoms with Gasteiger partial charge < -0.3 is 9.84 Å². The summed E-state index contributed by atoms with van der Waals surface area (Å²) < 4.78 is 6.51. The van der Waals surface area contributed by atoms with Crippen LogP contribution in [0.25, 0.3) is 11.4 Å². The van der Waals surface area contributed by atoms with Crippen molar-refractivity contribution in [3.63, 3.8) is 0 Å². The maximum absolute atomic E-state index is 11.0. The van der Waals surface area contributed by atoms with Crippen molar-refractivity contribution in [3.8, 4) is 23.2 Å². The molecule has 0 bridgehead atoms. The first kappa shape index (κ1) is 18.5. The number of aromatic nitrogens is 2. The molecule has 0 aliphatic heterocycles. The lowest BCUT2D eigenvalue weighted by molar-refractivity contribution is 0.0695. The number of benzene rings is 2. The van der Waals surface area contributed by atoms with Gasteiger partial charge in [-0.2, -0.15) is 5.26 Å². The molecule has 134 valence electrons. The molecule has 0 unspecified atom stereocenters. The summed E-state index contributed by atoms with van der Waals surface area (Å²) in [5.74, 6) is 0.0647. The second kappa shape index (κ2) is 7.98. The Labute approximate surface area is 164 Å². The number of carbonyl (C=O) groups is 1. The molecule has 0 aliphatic carbocycles. The van der Waals surface area contributed by atoms with E-state index in [9.17, 15) is 4.79 Å². The predicted octanol–water partition coefficient (Wildman–Crippen LogP) is 4.36. The minimum atomic E-state index is -1.05. The molecule has 1 heterocycles. The number of hydrogen-bond acceptors (Lipinski definition) is 5. The number of aromatic carboxylic acids is 1. The van der Waals surface area contributed by atoms with E-state index in [-0.39, 0.29) is 5.56 Å². The van der Waals surface area contributed by atoms with E-state index in [2.05, 4.69) is 32.0 Å². The summed E-state index contributed by atoms with van der Waals surface area (Å²) in [5.41, 5.74) is 2.69. The number of nitriles is 1. The van der Waals surface area contributed by atoms with Crippen LogP contribution in [0.3, 0.4) is 0 Å². The number of nitrogens with zero attached hydrogens (tertiary/aromatic N) is 3. The third-order valence-electron chi connectivity index (χ3n) is 3.92. The minimum Gasteiger partial charge on any atom is -0.489 e. The smallest absolute Gasteiger partial charge is 0.339 e. The SMILES string of the molecule is Cc1nc(-c2ccc(OCc3cccc(C#N)c3Br)cc2)ncc1C(=O)O. The second-order valence-corrected chi connectivity index (χ2v) is 6.49. The lowest BCUT2D eigenvalue weighted by Gasteiger charge is -2.09. The number of carboxylic acid groups (broad SMARTS) is 1. The van der Waals surface area contributed by atoms with Crippen molar-refractivity contribution < 1.29 is 14.6 Å². The quantitative estimate of drug-likeness (QED) is 0.654. The molecule has 0 aliphatic rings. The van der Waals surface area contributed by atoms with Crippen LogP contribution in [-0.2, 0) is 6.61 Å². The number of carboxylic acids is 1. The normalized spacial score (nSPS) is 10.3. The lowest BCUT2D eigenvalue weighted by Crippen LogP contribution is -2.04. The highest BCUT2D eigenvalue weighted by Crippen LogP contribution is 2.24. The van der Waals surface area contributed by atoms with Gasteiger partial charge >= 0.3 is 5.97 Å². The Balaban J connectivity index is 1.74. The van der Waals surface area contributed by atoms with Crippen LogP contribution in [0, 0.1) is 18.3 Å². The third-order valence-corrected chi connectivity index (χ3v) is 4.85. The van der Waals surface area contributed by atoms with Crippen molar-refractivity contribution in [2.24, 2.45) is 0 Å². The van der Waals surface area contributed by atoms with Gasteiger partial charge in [-0.15, -0.1) is 0 Å². The molecule has 0 atom stereocenters. The molecule has 27 heavy (non-hydrogen) atoms. The van der Waals surface area contributed by atoms with E-state index in [1.165, 1.54) is 6.20 Å². The molecule has 0 spiro atoms. The first-order chi connectivity index (χ1) is 13.0. The Kier molecular flexibility index (Phi) is 5.48. The summed E-state index contributed by atoms with van der Waals surface area (Å²) in [4.78, 5) is 19.4. The molecule has 6 nitrogen and oxygen atoms in total. The largest absolute Gasteiger partial charge is 0.489 e. The van der Waals surface area contributed by atoms with Gasteiger partial charge in [-0.1, -0.05) is 12.1 Å². The number of ether oxygens (including phenoxy) is 1. The Morgan fingerprint density at radius 1 is 1.26 bits per heavy atom. The number of halogens is 1. The molecular weight excluding hydrogens is 410 g/mol. The maximum Gasteiger partial charge on any atom is 0.339 e. The zero-order valence-electron chi connectivity index (χ0n) is 14.3. The summed E-state index contributed by atoms with van der Waals surface area (Å²) >= 11 is 3.42. The van der Waals surface area contributed by atoms with E-state index >= 15 is 0 Å². The molecule has 0 radical (unpaired) electrons. The standard InChI is InChI=1S/C20H14BrN3O3/c1-12-17(20(25)26)10-23-19(24-12)13-5-7-16(8-6-13)27-11-15-4-2-3-14(9-22)18(15)21/h2-8,10H,11H2,1H3,(H,25,26). The molecule has 0 saturated heterocycles. The van der Waals surface area contributed by atoms with Crippen LogP contribution >= 0.6 is 15.9 Å². The summed E-state index contributed by atoms with van der Waals surface area (Å²) in [6.07, 6.45) is 1.31. The van der Waals surface area contributed by atoms with Gasteiger partial charge in [0.25, 0.3) is 0 Å². The summed E-state index contributed by atoms with van der Waals surface area (Å²) in [6, 6.07) is 14.8. The van der Waals surface area contributed by atoms with E-state index in [1.54, 1.807) is 25.1 Å². The van der Waals surface area contributed by atoms with Gasteiger partial charge in [0, 0.05) is 21.8 Å². The first-order valence-electron chi connectivity index (χ1n) is 7.97. The van der Waals surface area contributed by atoms with Gasteiger partial charge in [-0.25, -0.2) is 14.8 Å². The Morgan fingerprint density at radius 2 is 2.00 bits per heavy atom. The van der Waals surface area contributed by atoms with Crippen molar-refractivity contribution in [1.82, 2.24) is 9.97 Å². The fraction of sp³-hybridized carbons (Fsp3) is 0.100. The first-order valence-corrected chi connectivity index (χ1v) is 8.76. The van der Waals surface area contributed by atoms with Gasteiger partial charge in [0.15, 0.2) is 5.82 Å². The molecular formula is C20H14BrN3O3. The highest BCUT2D eigenvalue weighted by Gasteiger charge is 2.11. The predicted molar refractivity (Wildman–Crippen MR) is 102 cm³/mol.